The largest absolute Gasteiger partial charge is 0.275 e. The van der Waals surface area contributed by atoms with Crippen molar-refractivity contribution in [3.63, 3.8) is 0 Å². The highest BCUT2D eigenvalue weighted by Gasteiger charge is 2.24. The molecule has 5 heterocycles. The van der Waals surface area contributed by atoms with E-state index in [0.717, 1.165) is 37.8 Å². The number of thiophene rings is 1. The fraction of sp³-hybridized carbons (Fsp3) is 0.222. The standard InChI is InChI=1S/C18H14N6S2/c1-2-11(3-1)25-18-16-15-12(14-4-5-21-24(14)23-16)6-13(22-17(15)26-18)10-7-19-9-20-8-10/h4-9,11,23H,1-3H2. The Balaban J connectivity index is 1.67. The van der Waals surface area contributed by atoms with Crippen LogP contribution >= 0.6 is 23.1 Å². The summed E-state index contributed by atoms with van der Waals surface area (Å²) in [5, 5.41) is 11.0. The lowest BCUT2D eigenvalue weighted by atomic mass is 10.0. The summed E-state index contributed by atoms with van der Waals surface area (Å²) < 4.78 is 3.17. The number of aromatic amines is 1. The first kappa shape index (κ1) is 14.7. The van der Waals surface area contributed by atoms with Crippen molar-refractivity contribution < 1.29 is 0 Å². The molecule has 0 atom stereocenters. The number of nitrogens with zero attached hydrogens (tertiary/aromatic N) is 5. The fourth-order valence-electron chi connectivity index (χ4n) is 3.39. The van der Waals surface area contributed by atoms with Crippen LogP contribution in [0, 0.1) is 0 Å². The van der Waals surface area contributed by atoms with Crippen molar-refractivity contribution in [3.8, 4) is 11.3 Å². The third kappa shape index (κ3) is 2.12. The second-order valence-corrected chi connectivity index (χ2v) is 9.11. The molecule has 1 saturated carbocycles. The highest BCUT2D eigenvalue weighted by molar-refractivity contribution is 8.02. The van der Waals surface area contributed by atoms with Gasteiger partial charge in [-0.3, -0.25) is 5.10 Å². The highest BCUT2D eigenvalue weighted by atomic mass is 32.2. The Kier molecular flexibility index (Phi) is 3.12. The summed E-state index contributed by atoms with van der Waals surface area (Å²) in [7, 11) is 0. The predicted octanol–water partition coefficient (Wildman–Crippen LogP) is 4.53. The van der Waals surface area contributed by atoms with Gasteiger partial charge in [0.2, 0.25) is 0 Å². The van der Waals surface area contributed by atoms with Crippen LogP contribution in [0.4, 0.5) is 0 Å². The van der Waals surface area contributed by atoms with Crippen LogP contribution in [0.2, 0.25) is 0 Å². The zero-order chi connectivity index (χ0) is 17.1. The summed E-state index contributed by atoms with van der Waals surface area (Å²) in [5.74, 6) is 0. The van der Waals surface area contributed by atoms with E-state index in [9.17, 15) is 0 Å². The fourth-order valence-corrected chi connectivity index (χ4v) is 6.24. The third-order valence-corrected chi connectivity index (χ3v) is 7.59. The first-order chi connectivity index (χ1) is 12.9. The van der Waals surface area contributed by atoms with E-state index in [-0.39, 0.29) is 0 Å². The SMILES string of the molecule is c1ncc(-c2cc3c4c(n2)sc(SC2CCC2)c4[nH]n2nccc32)cn1. The molecule has 26 heavy (non-hydrogen) atoms. The minimum absolute atomic E-state index is 0.727. The van der Waals surface area contributed by atoms with Crippen LogP contribution in [0.15, 0.2) is 41.3 Å². The van der Waals surface area contributed by atoms with Gasteiger partial charge in [-0.25, -0.2) is 15.0 Å². The quantitative estimate of drug-likeness (QED) is 0.499. The summed E-state index contributed by atoms with van der Waals surface area (Å²) >= 11 is 3.75. The van der Waals surface area contributed by atoms with Crippen LogP contribution in [0.5, 0.6) is 0 Å². The van der Waals surface area contributed by atoms with Crippen molar-refractivity contribution in [1.82, 2.24) is 29.8 Å². The van der Waals surface area contributed by atoms with Crippen LogP contribution in [-0.2, 0) is 0 Å². The normalized spacial score (nSPS) is 15.2. The molecule has 0 aromatic carbocycles. The van der Waals surface area contributed by atoms with Crippen molar-refractivity contribution in [2.24, 2.45) is 0 Å². The molecule has 1 N–H and O–H groups in total. The van der Waals surface area contributed by atoms with Gasteiger partial charge in [-0.05, 0) is 25.0 Å². The Morgan fingerprint density at radius 2 is 2.12 bits per heavy atom. The van der Waals surface area contributed by atoms with Gasteiger partial charge in [0, 0.05) is 34.0 Å². The molecule has 0 bridgehead atoms. The molecule has 8 heteroatoms. The summed E-state index contributed by atoms with van der Waals surface area (Å²) in [5.41, 5.74) is 4.03. The molecule has 1 fully saturated rings. The van der Waals surface area contributed by atoms with E-state index in [1.165, 1.54) is 28.9 Å². The molecule has 0 aliphatic heterocycles. The molecule has 0 amide bonds. The van der Waals surface area contributed by atoms with Gasteiger partial charge in [0.15, 0.2) is 0 Å². The van der Waals surface area contributed by atoms with Crippen molar-refractivity contribution in [1.29, 1.82) is 0 Å². The van der Waals surface area contributed by atoms with Gasteiger partial charge in [0.05, 0.1) is 27.1 Å². The zero-order valence-corrected chi connectivity index (χ0v) is 15.3. The highest BCUT2D eigenvalue weighted by Crippen LogP contribution is 2.46. The Bertz CT molecular complexity index is 1250. The number of aromatic nitrogens is 6. The molecule has 6 nitrogen and oxygen atoms in total. The molecule has 5 aromatic heterocycles. The first-order valence-electron chi connectivity index (χ1n) is 8.58. The topological polar surface area (TPSA) is 71.8 Å². The van der Waals surface area contributed by atoms with E-state index in [1.54, 1.807) is 17.7 Å². The molecule has 0 unspecified atom stereocenters. The molecule has 1 aliphatic rings. The molecule has 1 aliphatic carbocycles. The average molecular weight is 378 g/mol. The zero-order valence-electron chi connectivity index (χ0n) is 13.7. The maximum Gasteiger partial charge on any atom is 0.127 e. The number of hydrogen-bond donors (Lipinski definition) is 1. The van der Waals surface area contributed by atoms with E-state index in [2.05, 4.69) is 26.2 Å². The van der Waals surface area contributed by atoms with Gasteiger partial charge in [0.25, 0.3) is 0 Å². The van der Waals surface area contributed by atoms with Gasteiger partial charge in [0.1, 0.15) is 11.2 Å². The van der Waals surface area contributed by atoms with Crippen LogP contribution < -0.4 is 0 Å². The minimum atomic E-state index is 0.727. The van der Waals surface area contributed by atoms with E-state index in [0.29, 0.717) is 0 Å². The van der Waals surface area contributed by atoms with Crippen LogP contribution in [-0.4, -0.2) is 35.0 Å². The first-order valence-corrected chi connectivity index (χ1v) is 10.3. The Morgan fingerprint density at radius 1 is 1.23 bits per heavy atom. The molecule has 0 spiro atoms. The van der Waals surface area contributed by atoms with Crippen LogP contribution in [0.25, 0.3) is 37.9 Å². The van der Waals surface area contributed by atoms with Crippen molar-refractivity contribution in [3.05, 3.63) is 37.1 Å². The molecule has 5 aromatic rings. The summed E-state index contributed by atoms with van der Waals surface area (Å²) in [6, 6.07) is 4.16. The lowest BCUT2D eigenvalue weighted by Crippen LogP contribution is -2.12. The molecular formula is C18H14N6S2. The Hall–Kier alpha value is -2.45. The van der Waals surface area contributed by atoms with Crippen LogP contribution in [0.1, 0.15) is 19.3 Å². The Labute approximate surface area is 156 Å². The van der Waals surface area contributed by atoms with Gasteiger partial charge >= 0.3 is 0 Å². The van der Waals surface area contributed by atoms with Crippen molar-refractivity contribution in [2.45, 2.75) is 28.7 Å². The number of hydrogen-bond acceptors (Lipinski definition) is 6. The summed E-state index contributed by atoms with van der Waals surface area (Å²) in [6.45, 7) is 0. The van der Waals surface area contributed by atoms with Crippen molar-refractivity contribution in [2.75, 3.05) is 0 Å². The van der Waals surface area contributed by atoms with Crippen LogP contribution in [0.3, 0.4) is 0 Å². The number of H-pyrrole nitrogens is 1. The van der Waals surface area contributed by atoms with E-state index in [4.69, 9.17) is 4.98 Å². The average Bonchev–Trinajstić information content (AvgIpc) is 3.25. The van der Waals surface area contributed by atoms with E-state index >= 15 is 0 Å². The van der Waals surface area contributed by atoms with Gasteiger partial charge in [-0.15, -0.1) is 23.1 Å². The number of pyridine rings is 1. The molecular weight excluding hydrogens is 364 g/mol. The second kappa shape index (κ2) is 5.52. The van der Waals surface area contributed by atoms with Gasteiger partial charge in [-0.2, -0.15) is 9.73 Å². The predicted molar refractivity (Wildman–Crippen MR) is 105 cm³/mol. The number of fused-ring (bicyclic) bond motifs is 2. The lowest BCUT2D eigenvalue weighted by molar-refractivity contribution is 0.522. The van der Waals surface area contributed by atoms with Gasteiger partial charge < -0.3 is 0 Å². The van der Waals surface area contributed by atoms with Gasteiger partial charge in [-0.1, -0.05) is 6.42 Å². The molecule has 0 radical (unpaired) electrons. The Morgan fingerprint density at radius 3 is 2.92 bits per heavy atom. The molecule has 6 rings (SSSR count). The smallest absolute Gasteiger partial charge is 0.127 e. The summed E-state index contributed by atoms with van der Waals surface area (Å²) in [6.07, 6.45) is 10.9. The minimum Gasteiger partial charge on any atom is -0.275 e. The molecule has 128 valence electrons. The molecule has 0 saturated heterocycles. The number of nitrogens with one attached hydrogen (secondary N) is 1. The van der Waals surface area contributed by atoms with Crippen molar-refractivity contribution >= 4 is 49.7 Å². The van der Waals surface area contributed by atoms with E-state index < -0.39 is 0 Å². The van der Waals surface area contributed by atoms with E-state index in [1.807, 2.05) is 41.0 Å². The maximum absolute atomic E-state index is 4.93. The maximum atomic E-state index is 4.93. The number of thioether (sulfide) groups is 1. The number of rotatable bonds is 3. The summed E-state index contributed by atoms with van der Waals surface area (Å²) in [4.78, 5) is 14.3. The monoisotopic (exact) mass is 378 g/mol. The lowest BCUT2D eigenvalue weighted by Gasteiger charge is -2.23. The third-order valence-electron chi connectivity index (χ3n) is 4.95. The second-order valence-electron chi connectivity index (χ2n) is 6.54.